The fraction of sp³-hybridized carbons (Fsp3) is 0.956. The van der Waals surface area contributed by atoms with E-state index in [1.54, 1.807) is 40.5 Å². The minimum atomic E-state index is -5.10. The third-order valence-corrected chi connectivity index (χ3v) is 42.9. The largest absolute Gasteiger partial charge is 0.471 e. The van der Waals surface area contributed by atoms with Crippen LogP contribution in [0.1, 0.15) is 156 Å². The van der Waals surface area contributed by atoms with Crippen molar-refractivity contribution in [1.29, 1.82) is 10.5 Å². The number of ether oxygens (including phenoxy) is 4. The van der Waals surface area contributed by atoms with Gasteiger partial charge in [-0.25, -0.2) is 13.7 Å². The van der Waals surface area contributed by atoms with Crippen LogP contribution in [0.5, 0.6) is 0 Å². The van der Waals surface area contributed by atoms with Crippen molar-refractivity contribution in [2.24, 2.45) is 0 Å². The van der Waals surface area contributed by atoms with Gasteiger partial charge in [-0.15, -0.1) is 0 Å². The third-order valence-electron chi connectivity index (χ3n) is 20.6. The number of aliphatic hydroxyl groups excluding tert-OH is 2. The summed E-state index contributed by atoms with van der Waals surface area (Å²) in [5.41, 5.74) is -1.90. The monoisotopic (exact) mass is 1730 g/mol. The van der Waals surface area contributed by atoms with Crippen LogP contribution in [0.4, 0.5) is 17.6 Å². The first-order valence-electron chi connectivity index (χ1n) is 37.4. The number of nitrogens with one attached hydrogen (secondary N) is 1. The second kappa shape index (κ2) is 44.5. The topological polar surface area (TPSA) is 328 Å². The molecule has 634 valence electrons. The highest BCUT2D eigenvalue weighted by atomic mass is 32.2. The number of hydrogen-bond donors (Lipinski definition) is 3. The molecular formula is C68H133B4F4N5O20P6SSi2. The Bertz CT molecular complexity index is 3230. The Kier molecular flexibility index (Phi) is 43.7. The molecule has 4 heterocycles. The predicted molar refractivity (Wildman–Crippen MR) is 441 cm³/mol. The molecule has 4 saturated heterocycles. The second-order valence-corrected chi connectivity index (χ2v) is 63.2. The molecule has 0 saturated carbocycles. The summed E-state index contributed by atoms with van der Waals surface area (Å²) in [7, 11) is 2.45. The van der Waals surface area contributed by atoms with E-state index < -0.39 is 192 Å². The molecule has 3 N–H and O–H groups in total. The van der Waals surface area contributed by atoms with Gasteiger partial charge in [0.05, 0.1) is 121 Å². The molecule has 4 aliphatic rings. The summed E-state index contributed by atoms with van der Waals surface area (Å²) < 4.78 is 195. The molecule has 0 aromatic carbocycles. The van der Waals surface area contributed by atoms with Gasteiger partial charge in [0, 0.05) is 90.8 Å². The Labute approximate surface area is 668 Å². The second-order valence-electron chi connectivity index (χ2n) is 34.8. The van der Waals surface area contributed by atoms with E-state index in [0.29, 0.717) is 12.8 Å². The number of alkyl halides is 4. The molecule has 8 radical (unpaired) electrons. The van der Waals surface area contributed by atoms with Crippen molar-refractivity contribution in [1.82, 2.24) is 14.7 Å². The number of carbonyl (C=O) groups excluding carboxylic acids is 1. The lowest BCUT2D eigenvalue weighted by atomic mass is 9.93. The van der Waals surface area contributed by atoms with Gasteiger partial charge in [0.15, 0.2) is 16.6 Å². The summed E-state index contributed by atoms with van der Waals surface area (Å²) in [6.45, 7) is 54.8. The van der Waals surface area contributed by atoms with Crippen molar-refractivity contribution in [3.63, 3.8) is 0 Å². The summed E-state index contributed by atoms with van der Waals surface area (Å²) in [6, 6.07) is 0.161. The molecule has 110 heavy (non-hydrogen) atoms. The van der Waals surface area contributed by atoms with Crippen molar-refractivity contribution < 1.29 is 109 Å². The van der Waals surface area contributed by atoms with Crippen LogP contribution in [-0.2, 0) is 83.3 Å². The first-order valence-corrected chi connectivity index (χ1v) is 57.9. The number of halogens is 4. The summed E-state index contributed by atoms with van der Waals surface area (Å²) in [5, 5.41) is 39.8. The first kappa shape index (κ1) is 108. The van der Waals surface area contributed by atoms with E-state index in [-0.39, 0.29) is 85.3 Å². The Morgan fingerprint density at radius 1 is 0.564 bits per heavy atom. The van der Waals surface area contributed by atoms with E-state index in [1.165, 1.54) is 33.6 Å². The van der Waals surface area contributed by atoms with Crippen LogP contribution < -0.4 is 5.32 Å². The van der Waals surface area contributed by atoms with Crippen LogP contribution in [0.25, 0.3) is 0 Å². The molecule has 0 aliphatic carbocycles. The molecule has 10 unspecified atom stereocenters. The number of carbonyl (C=O) groups is 1. The normalized spacial score (nSPS) is 27.0. The summed E-state index contributed by atoms with van der Waals surface area (Å²) in [4.78, 5) is 11.7. The van der Waals surface area contributed by atoms with Crippen LogP contribution in [0.3, 0.4) is 0 Å². The zero-order valence-corrected chi connectivity index (χ0v) is 79.1. The Hall–Kier alpha value is -0.00649. The maximum Gasteiger partial charge on any atom is 0.471 e. The summed E-state index contributed by atoms with van der Waals surface area (Å²) >= 11 is 0. The molecule has 25 nitrogen and oxygen atoms in total. The van der Waals surface area contributed by atoms with Crippen molar-refractivity contribution in [3.8, 4) is 12.1 Å². The SMILES string of the molecule is [B][C@@H]1O[C@H](C(F)C(C)P(C)(C)=O)C[C@@H]1OP(OCCC#N)N(C(C)C)C(C)C.[B][C@@H]1O[C@H](C(NC(=O)C(F)(F)F)C(C)P(C)(C)=O)C[C@@H]1OP(OCCC#N)N(C(C)C)C(C)C.[B][C@@H]1O[C@H](C(O)C(O)P(C)(C)=O)C[C@@H]1O[Si](C)(C)C(C)(C)C.[B][C@@H]1O[C@H](C(OS(C)(=O)=O)C(C)P(C)(C)=O)C[C@@H]1O[Si](C)(C)C(C)(C)C. The maximum atomic E-state index is 14.9. The van der Waals surface area contributed by atoms with E-state index in [4.69, 9.17) is 92.0 Å². The smallest absolute Gasteiger partial charge is 0.412 e. The van der Waals surface area contributed by atoms with E-state index in [1.807, 2.05) is 71.4 Å². The minimum absolute atomic E-state index is 0.0172. The molecule has 0 bridgehead atoms. The quantitative estimate of drug-likeness (QED) is 0.0174. The van der Waals surface area contributed by atoms with E-state index in [0.717, 1.165) is 6.26 Å². The standard InChI is InChI=1S/C20H35BF3N3O5P2.C18H34BFN2O4P2.C16H34BO6PSSi.C14H30BO5PSi/c1-12(2)27(13(3)4)33(30-10-8-9-25)32-16-11-15(31-18(16)21)17(14(5)34(6,7)29)26-19(28)20(22,23)24;1-12(2)22(13(3)4)27(24-10-8-9-21)26-16-11-15(25-18(16)19)17(20)14(5)28(6,7)23;1-11(24(5,6)18)14(22-25(7,19)20)12-10-13(15(17)21-12)23-26(8,9)16(2,3)4;1-14(2,3)22(6,7)20-10-8-9(19-12(10)15)11(16)13(17)21(4,5)18/h12-18H,8,10-11H2,1-7H3,(H,26,28);12-18H,8,10-11H2,1-7H3;11-15H,10H2,1-9H3;9-13,16-17H,8H2,1-7H3/t14?,15-,16-,17?,18+,33?;14?,15-,16-,17?,18+,27?;11?,12-,13-,14?,15+;9-,10-,11?,12+,13?/m0000/s1. The fourth-order valence-electron chi connectivity index (χ4n) is 11.4. The maximum absolute atomic E-state index is 14.9. The lowest BCUT2D eigenvalue weighted by Crippen LogP contribution is -2.53. The number of aliphatic hydroxyl groups is 2. The Morgan fingerprint density at radius 3 is 1.20 bits per heavy atom. The number of nitrogens with zero attached hydrogens (tertiary/aromatic N) is 4. The van der Waals surface area contributed by atoms with Gasteiger partial charge in [-0.05, 0) is 145 Å². The average Bonchev–Trinajstić information content (AvgIpc) is 1.65. The highest BCUT2D eigenvalue weighted by Gasteiger charge is 2.52. The van der Waals surface area contributed by atoms with Crippen LogP contribution in [0.15, 0.2) is 0 Å². The number of hydrogen-bond acceptors (Lipinski definition) is 24. The van der Waals surface area contributed by atoms with Gasteiger partial charge >= 0.3 is 12.1 Å². The first-order chi connectivity index (χ1) is 49.4. The molecule has 22 atom stereocenters. The molecule has 4 aliphatic heterocycles. The molecule has 4 fully saturated rings. The minimum Gasteiger partial charge on any atom is -0.412 e. The lowest BCUT2D eigenvalue weighted by molar-refractivity contribution is -0.175. The number of rotatable bonds is 35. The van der Waals surface area contributed by atoms with Gasteiger partial charge in [-0.2, -0.15) is 32.1 Å². The Balaban J connectivity index is 0.000000742. The van der Waals surface area contributed by atoms with E-state index >= 15 is 0 Å². The highest BCUT2D eigenvalue weighted by molar-refractivity contribution is 7.86. The molecule has 0 aromatic heterocycles. The third kappa shape index (κ3) is 34.6. The summed E-state index contributed by atoms with van der Waals surface area (Å²) in [5.74, 6) is -3.44. The molecule has 4 rings (SSSR count). The number of amides is 1. The van der Waals surface area contributed by atoms with Crippen molar-refractivity contribution in [2.45, 2.75) is 343 Å². The van der Waals surface area contributed by atoms with Crippen LogP contribution >= 0.6 is 45.6 Å². The molecule has 0 spiro atoms. The molecular weight excluding hydrogens is 1600 g/mol. The van der Waals surface area contributed by atoms with E-state index in [9.17, 15) is 59.2 Å². The zero-order valence-electron chi connectivity index (χ0n) is 71.0. The van der Waals surface area contributed by atoms with Crippen molar-refractivity contribution in [3.05, 3.63) is 0 Å². The number of nitriles is 2. The highest BCUT2D eigenvalue weighted by Crippen LogP contribution is 2.55. The van der Waals surface area contributed by atoms with Crippen LogP contribution in [-0.4, -0.2) is 305 Å². The fourth-order valence-corrected chi connectivity index (χ4v) is 22.2. The van der Waals surface area contributed by atoms with Crippen LogP contribution in [0.2, 0.25) is 36.3 Å². The van der Waals surface area contributed by atoms with Gasteiger partial charge in [0.2, 0.25) is 0 Å². The van der Waals surface area contributed by atoms with Gasteiger partial charge in [0.25, 0.3) is 27.2 Å². The predicted octanol–water partition coefficient (Wildman–Crippen LogP) is 13.2. The van der Waals surface area contributed by atoms with Gasteiger partial charge < -0.3 is 79.7 Å². The van der Waals surface area contributed by atoms with E-state index in [2.05, 4.69) is 78.5 Å². The molecule has 1 amide bonds. The van der Waals surface area contributed by atoms with Crippen LogP contribution in [0, 0.1) is 22.7 Å². The van der Waals surface area contributed by atoms with Crippen molar-refractivity contribution >= 4 is 110 Å². The van der Waals surface area contributed by atoms with Gasteiger partial charge in [0.1, 0.15) is 62.8 Å². The molecule has 42 heteroatoms. The lowest BCUT2D eigenvalue weighted by Gasteiger charge is -2.39. The average molecular weight is 1730 g/mol. The van der Waals surface area contributed by atoms with Gasteiger partial charge in [-0.3, -0.25) is 8.98 Å². The molecule has 0 aromatic rings. The van der Waals surface area contributed by atoms with Crippen molar-refractivity contribution in [2.75, 3.05) is 72.8 Å². The van der Waals surface area contributed by atoms with Gasteiger partial charge in [-0.1, -0.05) is 62.3 Å². The summed E-state index contributed by atoms with van der Waals surface area (Å²) in [6.07, 6.45) is -10.9. The zero-order chi connectivity index (χ0) is 86.3. The Morgan fingerprint density at radius 2 is 0.882 bits per heavy atom.